The van der Waals surface area contributed by atoms with Crippen LogP contribution in [-0.4, -0.2) is 42.3 Å². The zero-order valence-electron chi connectivity index (χ0n) is 10.3. The molecule has 1 aliphatic heterocycles. The number of anilines is 2. The van der Waals surface area contributed by atoms with Gasteiger partial charge >= 0.3 is 0 Å². The van der Waals surface area contributed by atoms with E-state index in [1.165, 1.54) is 12.8 Å². The van der Waals surface area contributed by atoms with E-state index in [1.54, 1.807) is 18.2 Å². The van der Waals surface area contributed by atoms with Crippen molar-refractivity contribution in [2.45, 2.75) is 18.9 Å². The molecule has 3 rings (SSSR count). The number of benzene rings is 1. The van der Waals surface area contributed by atoms with Gasteiger partial charge in [-0.1, -0.05) is 6.07 Å². The Morgan fingerprint density at radius 1 is 1.17 bits per heavy atom. The van der Waals surface area contributed by atoms with Gasteiger partial charge in [0.1, 0.15) is 0 Å². The highest BCUT2D eigenvalue weighted by atomic mass is 16.8. The van der Waals surface area contributed by atoms with Crippen LogP contribution in [0.1, 0.15) is 12.8 Å². The summed E-state index contributed by atoms with van der Waals surface area (Å²) in [7, 11) is 0. The maximum atomic E-state index is 10.9. The van der Waals surface area contributed by atoms with Crippen LogP contribution in [0, 0.1) is 5.21 Å². The van der Waals surface area contributed by atoms with Crippen molar-refractivity contribution < 1.29 is 5.21 Å². The first-order chi connectivity index (χ1) is 8.74. The zero-order chi connectivity index (χ0) is 12.5. The molecule has 1 saturated heterocycles. The van der Waals surface area contributed by atoms with Gasteiger partial charge in [0.25, 0.3) is 0 Å². The van der Waals surface area contributed by atoms with Gasteiger partial charge in [-0.05, 0) is 31.0 Å². The van der Waals surface area contributed by atoms with E-state index in [1.807, 2.05) is 6.07 Å². The van der Waals surface area contributed by atoms with Crippen molar-refractivity contribution in [3.05, 3.63) is 29.5 Å². The average molecular weight is 248 g/mol. The molecule has 1 heterocycles. The summed E-state index contributed by atoms with van der Waals surface area (Å²) < 4.78 is 0. The fourth-order valence-electron chi connectivity index (χ4n) is 2.59. The van der Waals surface area contributed by atoms with E-state index in [2.05, 4.69) is 9.80 Å². The molecule has 98 valence electrons. The van der Waals surface area contributed by atoms with E-state index < -0.39 is 0 Å². The van der Waals surface area contributed by atoms with Crippen LogP contribution in [0.25, 0.3) is 0 Å². The number of rotatable bonds is 3. The summed E-state index contributed by atoms with van der Waals surface area (Å²) in [5, 5.41) is 19.7. The van der Waals surface area contributed by atoms with Gasteiger partial charge in [-0.3, -0.25) is 10.1 Å². The summed E-state index contributed by atoms with van der Waals surface area (Å²) in [6.45, 7) is 4.17. The van der Waals surface area contributed by atoms with E-state index in [-0.39, 0.29) is 10.9 Å². The first-order valence-electron chi connectivity index (χ1n) is 6.49. The number of hydrogen-bond acceptors (Lipinski definition) is 5. The van der Waals surface area contributed by atoms with Crippen LogP contribution in [0.15, 0.2) is 24.3 Å². The lowest BCUT2D eigenvalue weighted by molar-refractivity contribution is 0.248. The Balaban J connectivity index is 1.66. The van der Waals surface area contributed by atoms with Gasteiger partial charge in [0.2, 0.25) is 0 Å². The fourth-order valence-corrected chi connectivity index (χ4v) is 2.59. The lowest BCUT2D eigenvalue weighted by Gasteiger charge is -2.36. The van der Waals surface area contributed by atoms with E-state index in [0.717, 1.165) is 37.9 Å². The van der Waals surface area contributed by atoms with Crippen LogP contribution >= 0.6 is 0 Å². The first kappa shape index (κ1) is 11.8. The molecule has 0 aromatic heterocycles. The molecule has 1 aromatic rings. The third-order valence-corrected chi connectivity index (χ3v) is 3.79. The minimum Gasteiger partial charge on any atom is -0.733 e. The molecule has 1 aliphatic carbocycles. The fraction of sp³-hybridized carbons (Fsp3) is 0.538. The SMILES string of the molecule is [O-]N(O)c1cccc(N2CCN(C3CC3)CC2)c1. The van der Waals surface area contributed by atoms with Gasteiger partial charge in [0, 0.05) is 37.9 Å². The predicted octanol–water partition coefficient (Wildman–Crippen LogP) is 1.66. The highest BCUT2D eigenvalue weighted by Crippen LogP contribution is 2.29. The van der Waals surface area contributed by atoms with Gasteiger partial charge in [-0.15, -0.1) is 0 Å². The van der Waals surface area contributed by atoms with Crippen molar-refractivity contribution in [1.82, 2.24) is 4.90 Å². The van der Waals surface area contributed by atoms with Crippen molar-refractivity contribution in [2.75, 3.05) is 36.3 Å². The summed E-state index contributed by atoms with van der Waals surface area (Å²) >= 11 is 0. The zero-order valence-corrected chi connectivity index (χ0v) is 10.3. The monoisotopic (exact) mass is 248 g/mol. The van der Waals surface area contributed by atoms with Crippen LogP contribution in [0.2, 0.25) is 0 Å². The van der Waals surface area contributed by atoms with E-state index >= 15 is 0 Å². The summed E-state index contributed by atoms with van der Waals surface area (Å²) in [6, 6.07) is 7.96. The van der Waals surface area contributed by atoms with Gasteiger partial charge in [-0.25, -0.2) is 0 Å². The van der Waals surface area contributed by atoms with Crippen LogP contribution in [0.5, 0.6) is 0 Å². The Labute approximate surface area is 107 Å². The maximum Gasteiger partial charge on any atom is 0.0529 e. The molecule has 1 saturated carbocycles. The maximum absolute atomic E-state index is 10.9. The summed E-state index contributed by atoms with van der Waals surface area (Å²) in [5.41, 5.74) is 1.30. The molecule has 18 heavy (non-hydrogen) atoms. The molecule has 0 spiro atoms. The van der Waals surface area contributed by atoms with Crippen LogP contribution < -0.4 is 10.1 Å². The summed E-state index contributed by atoms with van der Waals surface area (Å²) in [4.78, 5) is 4.82. The number of piperazine rings is 1. The molecule has 0 atom stereocenters. The van der Waals surface area contributed by atoms with Gasteiger partial charge < -0.3 is 15.3 Å². The molecule has 1 aromatic carbocycles. The van der Waals surface area contributed by atoms with Crippen LogP contribution in [-0.2, 0) is 0 Å². The second kappa shape index (κ2) is 4.76. The Morgan fingerprint density at radius 3 is 2.50 bits per heavy atom. The van der Waals surface area contributed by atoms with Gasteiger partial charge in [0.05, 0.1) is 5.69 Å². The van der Waals surface area contributed by atoms with E-state index in [9.17, 15) is 5.21 Å². The minimum atomic E-state index is -0.0794. The van der Waals surface area contributed by atoms with E-state index in [0.29, 0.717) is 0 Å². The third-order valence-electron chi connectivity index (χ3n) is 3.79. The van der Waals surface area contributed by atoms with Crippen molar-refractivity contribution in [1.29, 1.82) is 0 Å². The lowest BCUT2D eigenvalue weighted by atomic mass is 10.2. The summed E-state index contributed by atoms with van der Waals surface area (Å²) in [6.07, 6.45) is 2.70. The molecule has 5 heteroatoms. The smallest absolute Gasteiger partial charge is 0.0529 e. The standard InChI is InChI=1S/C13H18N3O2/c17-16(18)13-3-1-2-12(10-13)15-8-6-14(7-9-15)11-4-5-11/h1-3,10-11,17H,4-9H2/q-1. The quantitative estimate of drug-likeness (QED) is 0.824. The third kappa shape index (κ3) is 2.43. The second-order valence-corrected chi connectivity index (χ2v) is 5.05. The number of nitrogens with zero attached hydrogens (tertiary/aromatic N) is 3. The molecular formula is C13H18N3O2-. The normalized spacial score (nSPS) is 21.1. The Hall–Kier alpha value is -1.30. The van der Waals surface area contributed by atoms with Crippen molar-refractivity contribution in [3.63, 3.8) is 0 Å². The Bertz CT molecular complexity index is 412. The van der Waals surface area contributed by atoms with Crippen molar-refractivity contribution >= 4 is 11.4 Å². The predicted molar refractivity (Wildman–Crippen MR) is 70.9 cm³/mol. The lowest BCUT2D eigenvalue weighted by Crippen LogP contribution is -2.47. The number of hydrogen-bond donors (Lipinski definition) is 1. The Morgan fingerprint density at radius 2 is 1.89 bits per heavy atom. The molecule has 0 radical (unpaired) electrons. The largest absolute Gasteiger partial charge is 0.733 e. The van der Waals surface area contributed by atoms with Gasteiger partial charge in [-0.2, -0.15) is 0 Å². The molecule has 5 nitrogen and oxygen atoms in total. The van der Waals surface area contributed by atoms with Crippen molar-refractivity contribution in [3.8, 4) is 0 Å². The first-order valence-corrected chi connectivity index (χ1v) is 6.49. The van der Waals surface area contributed by atoms with Crippen LogP contribution in [0.4, 0.5) is 11.4 Å². The molecule has 0 amide bonds. The highest BCUT2D eigenvalue weighted by molar-refractivity contribution is 5.58. The molecule has 2 aliphatic rings. The molecule has 0 bridgehead atoms. The minimum absolute atomic E-state index is 0.0794. The van der Waals surface area contributed by atoms with Gasteiger partial charge in [0.15, 0.2) is 0 Å². The van der Waals surface area contributed by atoms with E-state index in [4.69, 9.17) is 5.21 Å². The van der Waals surface area contributed by atoms with Crippen molar-refractivity contribution in [2.24, 2.45) is 0 Å². The van der Waals surface area contributed by atoms with Crippen LogP contribution in [0.3, 0.4) is 0 Å². The summed E-state index contributed by atoms with van der Waals surface area (Å²) in [5.74, 6) is 0. The molecular weight excluding hydrogens is 230 g/mol. The molecule has 1 N–H and O–H groups in total. The second-order valence-electron chi connectivity index (χ2n) is 5.05. The molecule has 2 fully saturated rings. The Kier molecular flexibility index (Phi) is 3.11. The highest BCUT2D eigenvalue weighted by Gasteiger charge is 2.31. The average Bonchev–Trinajstić information content (AvgIpc) is 3.23. The topological polar surface area (TPSA) is 53.0 Å². The molecule has 0 unspecified atom stereocenters.